The molecule has 0 saturated carbocycles. The second-order valence-electron chi connectivity index (χ2n) is 5.14. The van der Waals surface area contributed by atoms with Crippen LogP contribution in [0.1, 0.15) is 24.0 Å². The summed E-state index contributed by atoms with van der Waals surface area (Å²) in [5.74, 6) is -1.04. The lowest BCUT2D eigenvalue weighted by Gasteiger charge is -2.32. The van der Waals surface area contributed by atoms with Crippen LogP contribution in [0.15, 0.2) is 12.1 Å². The first-order valence-electron chi connectivity index (χ1n) is 6.17. The number of alkyl halides is 3. The van der Waals surface area contributed by atoms with Gasteiger partial charge in [0, 0.05) is 11.0 Å². The molecule has 1 aromatic rings. The fourth-order valence-electron chi connectivity index (χ4n) is 2.92. The van der Waals surface area contributed by atoms with Crippen LogP contribution in [0, 0.1) is 5.82 Å². The molecule has 104 valence electrons. The Morgan fingerprint density at radius 3 is 2.47 bits per heavy atom. The summed E-state index contributed by atoms with van der Waals surface area (Å²) in [5.41, 5.74) is -0.998. The summed E-state index contributed by atoms with van der Waals surface area (Å²) in [6, 6.07) is 1.80. The van der Waals surface area contributed by atoms with Crippen molar-refractivity contribution in [1.29, 1.82) is 0 Å². The van der Waals surface area contributed by atoms with Gasteiger partial charge < -0.3 is 10.1 Å². The van der Waals surface area contributed by atoms with E-state index in [2.05, 4.69) is 5.32 Å². The highest BCUT2D eigenvalue weighted by molar-refractivity contribution is 5.47. The van der Waals surface area contributed by atoms with Crippen molar-refractivity contribution in [3.63, 3.8) is 0 Å². The summed E-state index contributed by atoms with van der Waals surface area (Å²) < 4.78 is 57.0. The van der Waals surface area contributed by atoms with E-state index < -0.39 is 17.6 Å². The molecule has 0 atom stereocenters. The minimum Gasteiger partial charge on any atom is -0.492 e. The van der Waals surface area contributed by atoms with Gasteiger partial charge in [-0.05, 0) is 38.1 Å². The number of fused-ring (bicyclic) bond motifs is 2. The van der Waals surface area contributed by atoms with E-state index in [1.165, 1.54) is 0 Å². The molecule has 0 aromatic heterocycles. The zero-order valence-electron chi connectivity index (χ0n) is 10.1. The van der Waals surface area contributed by atoms with Crippen molar-refractivity contribution in [2.24, 2.45) is 0 Å². The van der Waals surface area contributed by atoms with Gasteiger partial charge >= 0.3 is 6.18 Å². The Morgan fingerprint density at radius 1 is 1.16 bits per heavy atom. The third-order valence-corrected chi connectivity index (χ3v) is 4.01. The van der Waals surface area contributed by atoms with Crippen LogP contribution in [0.4, 0.5) is 17.6 Å². The van der Waals surface area contributed by atoms with Gasteiger partial charge in [0.25, 0.3) is 0 Å². The SMILES string of the molecule is Fc1cc2c(cc1C(F)(F)F)OCC21CCNCC1. The highest BCUT2D eigenvalue weighted by Crippen LogP contribution is 2.47. The van der Waals surface area contributed by atoms with E-state index in [-0.39, 0.29) is 11.2 Å². The summed E-state index contributed by atoms with van der Waals surface area (Å²) in [5, 5.41) is 3.19. The smallest absolute Gasteiger partial charge is 0.419 e. The van der Waals surface area contributed by atoms with Crippen molar-refractivity contribution in [3.05, 3.63) is 29.1 Å². The molecular formula is C13H13F4NO. The Morgan fingerprint density at radius 2 is 1.84 bits per heavy atom. The maximum atomic E-state index is 13.7. The molecule has 0 bridgehead atoms. The number of rotatable bonds is 0. The van der Waals surface area contributed by atoms with Crippen molar-refractivity contribution in [1.82, 2.24) is 5.32 Å². The van der Waals surface area contributed by atoms with Crippen molar-refractivity contribution in [2.75, 3.05) is 19.7 Å². The Balaban J connectivity index is 2.06. The molecular weight excluding hydrogens is 262 g/mol. The summed E-state index contributed by atoms with van der Waals surface area (Å²) in [6.45, 7) is 1.88. The zero-order chi connectivity index (χ0) is 13.7. The third-order valence-electron chi connectivity index (χ3n) is 4.01. The van der Waals surface area contributed by atoms with Crippen LogP contribution >= 0.6 is 0 Å². The fourth-order valence-corrected chi connectivity index (χ4v) is 2.92. The number of hydrogen-bond acceptors (Lipinski definition) is 2. The Bertz CT molecular complexity index is 506. The molecule has 0 unspecified atom stereocenters. The van der Waals surface area contributed by atoms with Gasteiger partial charge in [-0.1, -0.05) is 0 Å². The molecule has 1 spiro atoms. The van der Waals surface area contributed by atoms with Crippen molar-refractivity contribution < 1.29 is 22.3 Å². The van der Waals surface area contributed by atoms with E-state index in [1.807, 2.05) is 0 Å². The van der Waals surface area contributed by atoms with E-state index in [4.69, 9.17) is 4.74 Å². The molecule has 2 aliphatic rings. The van der Waals surface area contributed by atoms with Gasteiger partial charge in [0.05, 0.1) is 12.2 Å². The molecule has 1 saturated heterocycles. The lowest BCUT2D eigenvalue weighted by molar-refractivity contribution is -0.140. The minimum atomic E-state index is -4.69. The summed E-state index contributed by atoms with van der Waals surface area (Å²) in [4.78, 5) is 0. The van der Waals surface area contributed by atoms with E-state index >= 15 is 0 Å². The van der Waals surface area contributed by atoms with E-state index in [1.54, 1.807) is 0 Å². The summed E-state index contributed by atoms with van der Waals surface area (Å²) in [7, 11) is 0. The van der Waals surface area contributed by atoms with Crippen molar-refractivity contribution >= 4 is 0 Å². The molecule has 0 aliphatic carbocycles. The molecule has 0 radical (unpaired) electrons. The van der Waals surface area contributed by atoms with Crippen LogP contribution in [0.5, 0.6) is 5.75 Å². The Kier molecular flexibility index (Phi) is 2.74. The predicted octanol–water partition coefficient (Wildman–Crippen LogP) is 2.86. The summed E-state index contributed by atoms with van der Waals surface area (Å²) in [6.07, 6.45) is -3.18. The van der Waals surface area contributed by atoms with Gasteiger partial charge in [0.2, 0.25) is 0 Å². The molecule has 2 heterocycles. The number of nitrogens with one attached hydrogen (secondary N) is 1. The average Bonchev–Trinajstić information content (AvgIpc) is 2.67. The van der Waals surface area contributed by atoms with E-state index in [0.717, 1.165) is 38.1 Å². The molecule has 1 fully saturated rings. The quantitative estimate of drug-likeness (QED) is 0.735. The van der Waals surface area contributed by atoms with Gasteiger partial charge in [-0.3, -0.25) is 0 Å². The third kappa shape index (κ3) is 1.98. The molecule has 0 amide bonds. The van der Waals surface area contributed by atoms with Crippen molar-refractivity contribution in [2.45, 2.75) is 24.4 Å². The number of piperidine rings is 1. The largest absolute Gasteiger partial charge is 0.492 e. The topological polar surface area (TPSA) is 21.3 Å². The standard InChI is InChI=1S/C13H13F4NO/c14-10-5-9-11(6-8(10)13(15,16)17)19-7-12(9)1-3-18-4-2-12/h5-6,18H,1-4,7H2. The highest BCUT2D eigenvalue weighted by Gasteiger charge is 2.44. The van der Waals surface area contributed by atoms with Crippen LogP contribution in [0.25, 0.3) is 0 Å². The van der Waals surface area contributed by atoms with E-state index in [0.29, 0.717) is 12.2 Å². The molecule has 2 aliphatic heterocycles. The first kappa shape index (κ1) is 12.7. The average molecular weight is 275 g/mol. The van der Waals surface area contributed by atoms with Crippen LogP contribution in [0.2, 0.25) is 0 Å². The van der Waals surface area contributed by atoms with Gasteiger partial charge in [-0.2, -0.15) is 13.2 Å². The molecule has 2 nitrogen and oxygen atoms in total. The number of benzene rings is 1. The zero-order valence-corrected chi connectivity index (χ0v) is 10.1. The minimum absolute atomic E-state index is 0.177. The second kappa shape index (κ2) is 4.10. The summed E-state index contributed by atoms with van der Waals surface area (Å²) >= 11 is 0. The number of hydrogen-bond donors (Lipinski definition) is 1. The first-order valence-corrected chi connectivity index (χ1v) is 6.17. The Labute approximate surface area is 107 Å². The maximum absolute atomic E-state index is 13.7. The maximum Gasteiger partial charge on any atom is 0.419 e. The van der Waals surface area contributed by atoms with E-state index in [9.17, 15) is 17.6 Å². The van der Waals surface area contributed by atoms with Crippen LogP contribution in [-0.2, 0) is 11.6 Å². The highest BCUT2D eigenvalue weighted by atomic mass is 19.4. The molecule has 19 heavy (non-hydrogen) atoms. The monoisotopic (exact) mass is 275 g/mol. The van der Waals surface area contributed by atoms with Gasteiger partial charge in [0.15, 0.2) is 0 Å². The molecule has 6 heteroatoms. The predicted molar refractivity (Wildman–Crippen MR) is 60.7 cm³/mol. The normalized spacial score (nSPS) is 21.3. The lowest BCUT2D eigenvalue weighted by Crippen LogP contribution is -2.41. The fraction of sp³-hybridized carbons (Fsp3) is 0.538. The van der Waals surface area contributed by atoms with Crippen LogP contribution in [0.3, 0.4) is 0 Å². The second-order valence-corrected chi connectivity index (χ2v) is 5.14. The van der Waals surface area contributed by atoms with Crippen molar-refractivity contribution in [3.8, 4) is 5.75 Å². The van der Waals surface area contributed by atoms with Crippen LogP contribution in [-0.4, -0.2) is 19.7 Å². The van der Waals surface area contributed by atoms with Gasteiger partial charge in [0.1, 0.15) is 11.6 Å². The lowest BCUT2D eigenvalue weighted by atomic mass is 9.74. The number of ether oxygens (including phenoxy) is 1. The molecule has 1 N–H and O–H groups in total. The Hall–Kier alpha value is -1.30. The molecule has 3 rings (SSSR count). The van der Waals surface area contributed by atoms with Gasteiger partial charge in [-0.15, -0.1) is 0 Å². The number of halogens is 4. The van der Waals surface area contributed by atoms with Crippen LogP contribution < -0.4 is 10.1 Å². The molecule has 1 aromatic carbocycles. The van der Waals surface area contributed by atoms with Gasteiger partial charge in [-0.25, -0.2) is 4.39 Å². The first-order chi connectivity index (χ1) is 8.92.